The minimum Gasteiger partial charge on any atom is -0.0628 e. The van der Waals surface area contributed by atoms with Gasteiger partial charge in [-0.15, -0.1) is 0 Å². The molecule has 1 fully saturated rings. The number of hydrogen-bond donors (Lipinski definition) is 0. The lowest BCUT2D eigenvalue weighted by molar-refractivity contribution is 0.360. The third-order valence-electron chi connectivity index (χ3n) is 3.32. The van der Waals surface area contributed by atoms with Crippen molar-refractivity contribution >= 4 is 0 Å². The molecule has 0 N–H and O–H groups in total. The van der Waals surface area contributed by atoms with Crippen LogP contribution in [0.15, 0.2) is 0 Å². The zero-order valence-corrected chi connectivity index (χ0v) is 9.30. The highest BCUT2D eigenvalue weighted by atomic mass is 14.5. The minimum absolute atomic E-state index is 0.883. The van der Waals surface area contributed by atoms with Crippen LogP contribution in [0.2, 0.25) is 0 Å². The van der Waals surface area contributed by atoms with Gasteiger partial charge in [-0.25, -0.2) is 0 Å². The number of rotatable bonds is 4. The first-order chi connectivity index (χ1) is 5.52. The van der Waals surface area contributed by atoms with Gasteiger partial charge in [0.05, 0.1) is 0 Å². The molecule has 0 heteroatoms. The van der Waals surface area contributed by atoms with Gasteiger partial charge in [-0.05, 0) is 42.4 Å². The third kappa shape index (κ3) is 2.50. The van der Waals surface area contributed by atoms with Crippen molar-refractivity contribution < 1.29 is 0 Å². The first-order valence-electron chi connectivity index (χ1n) is 5.52. The number of hydrogen-bond acceptors (Lipinski definition) is 0. The Hall–Kier alpha value is 0. The van der Waals surface area contributed by atoms with Crippen LogP contribution in [0.4, 0.5) is 0 Å². The summed E-state index contributed by atoms with van der Waals surface area (Å²) in [4.78, 5) is 0. The van der Waals surface area contributed by atoms with Crippen molar-refractivity contribution in [2.24, 2.45) is 29.6 Å². The zero-order chi connectivity index (χ0) is 9.30. The van der Waals surface area contributed by atoms with E-state index < -0.39 is 0 Å². The monoisotopic (exact) mass is 168 g/mol. The summed E-state index contributed by atoms with van der Waals surface area (Å²) in [6.07, 6.45) is 2.93. The van der Waals surface area contributed by atoms with Crippen molar-refractivity contribution in [2.45, 2.75) is 47.5 Å². The highest BCUT2D eigenvalue weighted by Gasteiger charge is 2.42. The summed E-state index contributed by atoms with van der Waals surface area (Å²) in [6.45, 7) is 11.8. The fraction of sp³-hybridized carbons (Fsp3) is 1.00. The maximum atomic E-state index is 2.44. The highest BCUT2D eigenvalue weighted by Crippen LogP contribution is 2.50. The van der Waals surface area contributed by atoms with Gasteiger partial charge in [0.15, 0.2) is 0 Å². The van der Waals surface area contributed by atoms with E-state index in [1.54, 1.807) is 0 Å². The van der Waals surface area contributed by atoms with Crippen LogP contribution in [0, 0.1) is 29.6 Å². The van der Waals surface area contributed by atoms with Gasteiger partial charge in [-0.3, -0.25) is 0 Å². The molecule has 0 nitrogen and oxygen atoms in total. The molecule has 0 heterocycles. The van der Waals surface area contributed by atoms with Gasteiger partial charge in [0.25, 0.3) is 0 Å². The topological polar surface area (TPSA) is 0 Å². The van der Waals surface area contributed by atoms with Crippen LogP contribution in [0.25, 0.3) is 0 Å². The fourth-order valence-electron chi connectivity index (χ4n) is 2.57. The summed E-state index contributed by atoms with van der Waals surface area (Å²) < 4.78 is 0. The molecule has 0 spiro atoms. The first-order valence-corrected chi connectivity index (χ1v) is 5.52. The lowest BCUT2D eigenvalue weighted by Gasteiger charge is -2.14. The molecule has 0 aliphatic heterocycles. The fourth-order valence-corrected chi connectivity index (χ4v) is 2.57. The maximum absolute atomic E-state index is 2.44. The summed E-state index contributed by atoms with van der Waals surface area (Å²) in [5.74, 6) is 4.89. The van der Waals surface area contributed by atoms with Gasteiger partial charge in [-0.1, -0.05) is 34.6 Å². The highest BCUT2D eigenvalue weighted by molar-refractivity contribution is 4.91. The Bertz CT molecular complexity index is 135. The van der Waals surface area contributed by atoms with Crippen molar-refractivity contribution in [2.75, 3.05) is 0 Å². The molecule has 0 aromatic carbocycles. The summed E-state index contributed by atoms with van der Waals surface area (Å²) >= 11 is 0. The van der Waals surface area contributed by atoms with E-state index >= 15 is 0 Å². The van der Waals surface area contributed by atoms with E-state index in [0.29, 0.717) is 0 Å². The van der Waals surface area contributed by atoms with Crippen molar-refractivity contribution in [3.05, 3.63) is 0 Å². The molecular formula is C12H24. The summed E-state index contributed by atoms with van der Waals surface area (Å²) in [7, 11) is 0. The molecule has 1 aliphatic carbocycles. The molecule has 0 bridgehead atoms. The van der Waals surface area contributed by atoms with E-state index in [1.165, 1.54) is 12.8 Å². The molecule has 0 aromatic rings. The molecule has 3 unspecified atom stereocenters. The van der Waals surface area contributed by atoms with Crippen LogP contribution in [0.1, 0.15) is 47.5 Å². The van der Waals surface area contributed by atoms with E-state index in [9.17, 15) is 0 Å². The van der Waals surface area contributed by atoms with Gasteiger partial charge in [0.1, 0.15) is 0 Å². The molecule has 1 saturated carbocycles. The normalized spacial score (nSPS) is 31.2. The molecule has 1 aliphatic rings. The van der Waals surface area contributed by atoms with E-state index in [-0.39, 0.29) is 0 Å². The smallest absolute Gasteiger partial charge is 0.0355 e. The third-order valence-corrected chi connectivity index (χ3v) is 3.32. The van der Waals surface area contributed by atoms with E-state index in [1.807, 2.05) is 0 Å². The van der Waals surface area contributed by atoms with Crippen LogP contribution >= 0.6 is 0 Å². The molecule has 0 saturated heterocycles. The summed E-state index contributed by atoms with van der Waals surface area (Å²) in [5.41, 5.74) is 0. The van der Waals surface area contributed by atoms with E-state index in [2.05, 4.69) is 34.6 Å². The van der Waals surface area contributed by atoms with Crippen LogP contribution < -0.4 is 0 Å². The molecule has 12 heavy (non-hydrogen) atoms. The van der Waals surface area contributed by atoms with Gasteiger partial charge in [-0.2, -0.15) is 0 Å². The Morgan fingerprint density at radius 1 is 1.00 bits per heavy atom. The van der Waals surface area contributed by atoms with Gasteiger partial charge < -0.3 is 0 Å². The minimum atomic E-state index is 0.883. The van der Waals surface area contributed by atoms with Crippen molar-refractivity contribution in [1.29, 1.82) is 0 Å². The largest absolute Gasteiger partial charge is 0.0628 e. The van der Waals surface area contributed by atoms with Crippen LogP contribution in [-0.2, 0) is 0 Å². The molecule has 0 radical (unpaired) electrons. The summed E-state index contributed by atoms with van der Waals surface area (Å²) in [6, 6.07) is 0. The molecule has 1 rings (SSSR count). The van der Waals surface area contributed by atoms with Crippen LogP contribution in [0.3, 0.4) is 0 Å². The molecule has 3 atom stereocenters. The quantitative estimate of drug-likeness (QED) is 0.596. The SMILES string of the molecule is CC(C)CC(C)C1CC1C(C)C. The zero-order valence-electron chi connectivity index (χ0n) is 9.30. The molecule has 0 aromatic heterocycles. The lowest BCUT2D eigenvalue weighted by Crippen LogP contribution is -2.05. The van der Waals surface area contributed by atoms with Crippen molar-refractivity contribution in [3.63, 3.8) is 0 Å². The van der Waals surface area contributed by atoms with Gasteiger partial charge in [0.2, 0.25) is 0 Å². The Morgan fingerprint density at radius 3 is 1.92 bits per heavy atom. The lowest BCUT2D eigenvalue weighted by atomic mass is 9.92. The Morgan fingerprint density at radius 2 is 1.58 bits per heavy atom. The van der Waals surface area contributed by atoms with Crippen LogP contribution in [0.5, 0.6) is 0 Å². The van der Waals surface area contributed by atoms with E-state index in [4.69, 9.17) is 0 Å². The molecule has 0 amide bonds. The molecule has 72 valence electrons. The second-order valence-corrected chi connectivity index (χ2v) is 5.41. The standard InChI is InChI=1S/C12H24/c1-8(2)6-10(5)12-7-11(12)9(3)4/h8-12H,6-7H2,1-5H3. The molecular weight excluding hydrogens is 144 g/mol. The van der Waals surface area contributed by atoms with Crippen molar-refractivity contribution in [3.8, 4) is 0 Å². The predicted octanol–water partition coefficient (Wildman–Crippen LogP) is 3.96. The van der Waals surface area contributed by atoms with Gasteiger partial charge in [0, 0.05) is 0 Å². The van der Waals surface area contributed by atoms with Gasteiger partial charge >= 0.3 is 0 Å². The summed E-state index contributed by atoms with van der Waals surface area (Å²) in [5, 5.41) is 0. The van der Waals surface area contributed by atoms with Crippen LogP contribution in [-0.4, -0.2) is 0 Å². The van der Waals surface area contributed by atoms with Crippen molar-refractivity contribution in [1.82, 2.24) is 0 Å². The maximum Gasteiger partial charge on any atom is -0.0355 e. The Kier molecular flexibility index (Phi) is 3.20. The average molecular weight is 168 g/mol. The second-order valence-electron chi connectivity index (χ2n) is 5.41. The Labute approximate surface area is 77.7 Å². The second kappa shape index (κ2) is 3.81. The Balaban J connectivity index is 2.23. The van der Waals surface area contributed by atoms with E-state index in [0.717, 1.165) is 29.6 Å². The first kappa shape index (κ1) is 10.1. The predicted molar refractivity (Wildman–Crippen MR) is 55.1 cm³/mol. The average Bonchev–Trinajstić information content (AvgIpc) is 2.61.